The molecule has 0 fully saturated rings. The maximum Gasteiger partial charge on any atom is 0.323 e. The first-order valence-electron chi connectivity index (χ1n) is 6.20. The maximum absolute atomic E-state index is 12.0. The van der Waals surface area contributed by atoms with Crippen LogP contribution in [-0.4, -0.2) is 11.0 Å². The lowest BCUT2D eigenvalue weighted by molar-refractivity contribution is 0.262. The number of urea groups is 1. The van der Waals surface area contributed by atoms with E-state index in [0.717, 1.165) is 10.0 Å². The topological polar surface area (TPSA) is 67.2 Å². The van der Waals surface area contributed by atoms with Crippen LogP contribution < -0.4 is 16.4 Å². The van der Waals surface area contributed by atoms with Gasteiger partial charge in [0, 0.05) is 15.7 Å². The van der Waals surface area contributed by atoms with Crippen molar-refractivity contribution in [1.29, 1.82) is 0 Å². The minimum atomic E-state index is -0.352. The molecule has 2 rings (SSSR count). The molecule has 0 saturated carbocycles. The van der Waals surface area contributed by atoms with Crippen molar-refractivity contribution in [3.05, 3.63) is 58.1 Å². The normalized spacial score (nSPS) is 10.0. The number of nitrogens with two attached hydrogens (primary N) is 1. The third kappa shape index (κ3) is 4.27. The fourth-order valence-corrected chi connectivity index (χ4v) is 2.30. The van der Waals surface area contributed by atoms with Gasteiger partial charge in [0.15, 0.2) is 0 Å². The Bertz CT molecular complexity index is 686. The summed E-state index contributed by atoms with van der Waals surface area (Å²) in [6, 6.07) is 12.5. The Balaban J connectivity index is 2.14. The van der Waals surface area contributed by atoms with Crippen molar-refractivity contribution in [2.24, 2.45) is 5.73 Å². The van der Waals surface area contributed by atoms with Gasteiger partial charge in [-0.05, 0) is 37.3 Å². The van der Waals surface area contributed by atoms with E-state index < -0.39 is 0 Å². The zero-order chi connectivity index (χ0) is 15.4. The molecule has 0 heterocycles. The summed E-state index contributed by atoms with van der Waals surface area (Å²) in [6.07, 6.45) is 0. The largest absolute Gasteiger partial charge is 0.389 e. The molecule has 108 valence electrons. The average Bonchev–Trinajstić information content (AvgIpc) is 2.41. The molecule has 0 atom stereocenters. The van der Waals surface area contributed by atoms with Gasteiger partial charge in [0.25, 0.3) is 0 Å². The van der Waals surface area contributed by atoms with E-state index in [1.165, 1.54) is 0 Å². The second kappa shape index (κ2) is 6.69. The highest BCUT2D eigenvalue weighted by Gasteiger charge is 2.09. The van der Waals surface area contributed by atoms with E-state index in [1.54, 1.807) is 12.1 Å². The Morgan fingerprint density at radius 1 is 1.14 bits per heavy atom. The summed E-state index contributed by atoms with van der Waals surface area (Å²) in [5, 5.41) is 5.50. The van der Waals surface area contributed by atoms with E-state index in [0.29, 0.717) is 16.9 Å². The number of nitrogens with one attached hydrogen (secondary N) is 2. The van der Waals surface area contributed by atoms with Crippen LogP contribution in [0.25, 0.3) is 0 Å². The summed E-state index contributed by atoms with van der Waals surface area (Å²) in [5.74, 6) is 0. The predicted octanol–water partition coefficient (Wildman–Crippen LogP) is 4.04. The van der Waals surface area contributed by atoms with Crippen molar-refractivity contribution in [3.8, 4) is 0 Å². The van der Waals surface area contributed by atoms with Crippen molar-refractivity contribution >= 4 is 50.5 Å². The molecule has 0 spiro atoms. The van der Waals surface area contributed by atoms with Crippen LogP contribution in [0.2, 0.25) is 0 Å². The number of carbonyl (C=O) groups excluding carboxylic acids is 1. The van der Waals surface area contributed by atoms with Gasteiger partial charge in [-0.25, -0.2) is 4.79 Å². The van der Waals surface area contributed by atoms with Gasteiger partial charge < -0.3 is 16.4 Å². The fourth-order valence-electron chi connectivity index (χ4n) is 1.76. The van der Waals surface area contributed by atoms with Gasteiger partial charge >= 0.3 is 6.03 Å². The van der Waals surface area contributed by atoms with Crippen molar-refractivity contribution in [1.82, 2.24) is 0 Å². The van der Waals surface area contributed by atoms with Crippen LogP contribution in [0.15, 0.2) is 46.9 Å². The van der Waals surface area contributed by atoms with Crippen molar-refractivity contribution in [2.45, 2.75) is 6.92 Å². The molecular formula is C15H14BrN3OS. The molecular weight excluding hydrogens is 350 g/mol. The number of anilines is 2. The van der Waals surface area contributed by atoms with Crippen LogP contribution in [0, 0.1) is 6.92 Å². The SMILES string of the molecule is Cc1ccc(NC(=O)Nc2cc(Br)ccc2C(N)=S)cc1. The van der Waals surface area contributed by atoms with Crippen LogP contribution in [0.4, 0.5) is 16.2 Å². The summed E-state index contributed by atoms with van der Waals surface area (Å²) in [5.41, 5.74) is 8.67. The van der Waals surface area contributed by atoms with E-state index in [2.05, 4.69) is 26.6 Å². The number of aryl methyl sites for hydroxylation is 1. The molecule has 2 amide bonds. The minimum Gasteiger partial charge on any atom is -0.389 e. The molecule has 2 aromatic carbocycles. The molecule has 21 heavy (non-hydrogen) atoms. The van der Waals surface area contributed by atoms with Gasteiger partial charge in [0.2, 0.25) is 0 Å². The number of carbonyl (C=O) groups is 1. The molecule has 0 bridgehead atoms. The van der Waals surface area contributed by atoms with Gasteiger partial charge in [0.1, 0.15) is 4.99 Å². The van der Waals surface area contributed by atoms with Gasteiger partial charge in [-0.15, -0.1) is 0 Å². The Hall–Kier alpha value is -1.92. The minimum absolute atomic E-state index is 0.230. The van der Waals surface area contributed by atoms with Crippen LogP contribution in [0.1, 0.15) is 11.1 Å². The van der Waals surface area contributed by atoms with Crippen molar-refractivity contribution in [2.75, 3.05) is 10.6 Å². The number of halogens is 1. The Morgan fingerprint density at radius 2 is 1.81 bits per heavy atom. The third-order valence-corrected chi connectivity index (χ3v) is 3.52. The van der Waals surface area contributed by atoms with Crippen LogP contribution in [-0.2, 0) is 0 Å². The number of rotatable bonds is 3. The van der Waals surface area contributed by atoms with E-state index >= 15 is 0 Å². The average molecular weight is 364 g/mol. The summed E-state index contributed by atoms with van der Waals surface area (Å²) >= 11 is 8.33. The quantitative estimate of drug-likeness (QED) is 0.721. The number of amides is 2. The molecule has 0 unspecified atom stereocenters. The standard InChI is InChI=1S/C15H14BrN3OS/c1-9-2-5-11(6-3-9)18-15(20)19-13-8-10(16)4-7-12(13)14(17)21/h2-8H,1H3,(H2,17,21)(H2,18,19,20). The Labute approximate surface area is 136 Å². The van der Waals surface area contributed by atoms with Gasteiger partial charge in [0.05, 0.1) is 5.69 Å². The first-order chi connectivity index (χ1) is 9.95. The van der Waals surface area contributed by atoms with E-state index in [9.17, 15) is 4.79 Å². The maximum atomic E-state index is 12.0. The zero-order valence-corrected chi connectivity index (χ0v) is 13.7. The third-order valence-electron chi connectivity index (χ3n) is 2.80. The number of thiocarbonyl (C=S) groups is 1. The Morgan fingerprint density at radius 3 is 2.43 bits per heavy atom. The molecule has 0 aliphatic carbocycles. The smallest absolute Gasteiger partial charge is 0.323 e. The summed E-state index contributed by atoms with van der Waals surface area (Å²) in [7, 11) is 0. The molecule has 0 aliphatic heterocycles. The molecule has 2 aromatic rings. The molecule has 0 saturated heterocycles. The predicted molar refractivity (Wildman–Crippen MR) is 93.8 cm³/mol. The van der Waals surface area contributed by atoms with E-state index in [4.69, 9.17) is 18.0 Å². The number of benzene rings is 2. The lowest BCUT2D eigenvalue weighted by Gasteiger charge is -2.12. The highest BCUT2D eigenvalue weighted by atomic mass is 79.9. The number of hydrogen-bond donors (Lipinski definition) is 3. The van der Waals surface area contributed by atoms with Crippen LogP contribution >= 0.6 is 28.1 Å². The first kappa shape index (κ1) is 15.5. The molecule has 6 heteroatoms. The second-order valence-electron chi connectivity index (χ2n) is 4.50. The van der Waals surface area contributed by atoms with E-state index in [-0.39, 0.29) is 11.0 Å². The Kier molecular flexibility index (Phi) is 4.93. The van der Waals surface area contributed by atoms with Gasteiger partial charge in [-0.2, -0.15) is 0 Å². The lowest BCUT2D eigenvalue weighted by Crippen LogP contribution is -2.22. The fraction of sp³-hybridized carbons (Fsp3) is 0.0667. The summed E-state index contributed by atoms with van der Waals surface area (Å²) in [6.45, 7) is 1.99. The van der Waals surface area contributed by atoms with E-state index in [1.807, 2.05) is 37.3 Å². The second-order valence-corrected chi connectivity index (χ2v) is 5.85. The molecule has 0 aromatic heterocycles. The van der Waals surface area contributed by atoms with Crippen molar-refractivity contribution < 1.29 is 4.79 Å². The molecule has 4 N–H and O–H groups in total. The lowest BCUT2D eigenvalue weighted by atomic mass is 10.2. The molecule has 0 radical (unpaired) electrons. The number of hydrogen-bond acceptors (Lipinski definition) is 2. The van der Waals surface area contributed by atoms with Gasteiger partial charge in [-0.1, -0.05) is 45.8 Å². The monoisotopic (exact) mass is 363 g/mol. The zero-order valence-electron chi connectivity index (χ0n) is 11.3. The summed E-state index contributed by atoms with van der Waals surface area (Å²) < 4.78 is 0.827. The highest BCUT2D eigenvalue weighted by Crippen LogP contribution is 2.22. The highest BCUT2D eigenvalue weighted by molar-refractivity contribution is 9.10. The van der Waals surface area contributed by atoms with Crippen molar-refractivity contribution in [3.63, 3.8) is 0 Å². The molecule has 4 nitrogen and oxygen atoms in total. The van der Waals surface area contributed by atoms with Crippen LogP contribution in [0.5, 0.6) is 0 Å². The van der Waals surface area contributed by atoms with Gasteiger partial charge in [-0.3, -0.25) is 0 Å². The summed E-state index contributed by atoms with van der Waals surface area (Å²) in [4.78, 5) is 12.3. The first-order valence-corrected chi connectivity index (χ1v) is 7.40. The van der Waals surface area contributed by atoms with Crippen LogP contribution in [0.3, 0.4) is 0 Å². The molecule has 0 aliphatic rings.